The first-order valence-corrected chi connectivity index (χ1v) is 11.1. The van der Waals surface area contributed by atoms with Crippen molar-refractivity contribution in [1.29, 1.82) is 0 Å². The van der Waals surface area contributed by atoms with E-state index in [1.807, 2.05) is 0 Å². The van der Waals surface area contributed by atoms with E-state index < -0.39 is 8.07 Å². The topological polar surface area (TPSA) is 0 Å². The summed E-state index contributed by atoms with van der Waals surface area (Å²) in [6.07, 6.45) is 0. The van der Waals surface area contributed by atoms with Gasteiger partial charge in [0.1, 0.15) is 8.07 Å². The molecule has 1 heterocycles. The molecule has 0 fully saturated rings. The van der Waals surface area contributed by atoms with Crippen LogP contribution in [0.5, 0.6) is 0 Å². The first-order valence-electron chi connectivity index (χ1n) is 8.15. The van der Waals surface area contributed by atoms with Gasteiger partial charge in [-0.1, -0.05) is 98.0 Å². The van der Waals surface area contributed by atoms with Crippen molar-refractivity contribution in [3.63, 3.8) is 0 Å². The van der Waals surface area contributed by atoms with E-state index >= 15 is 0 Å². The van der Waals surface area contributed by atoms with Crippen LogP contribution in [0, 0.1) is 0 Å². The number of hydrogen-bond donors (Lipinski definition) is 0. The molecule has 1 aliphatic heterocycles. The predicted octanol–water partition coefficient (Wildman–Crippen LogP) is 5.11. The first-order chi connectivity index (χ1) is 11.2. The molecule has 0 saturated carbocycles. The fraction of sp³-hybridized carbons (Fsp3) is 0.0909. The van der Waals surface area contributed by atoms with Gasteiger partial charge in [-0.3, -0.25) is 0 Å². The molecule has 0 saturated heterocycles. The molecule has 0 nitrogen and oxygen atoms in total. The van der Waals surface area contributed by atoms with Gasteiger partial charge >= 0.3 is 0 Å². The molecule has 0 atom stereocenters. The van der Waals surface area contributed by atoms with Crippen LogP contribution in [0.1, 0.15) is 16.7 Å². The minimum Gasteiger partial charge on any atom is -0.0623 e. The van der Waals surface area contributed by atoms with Crippen molar-refractivity contribution in [2.75, 3.05) is 0 Å². The highest BCUT2D eigenvalue weighted by atomic mass is 28.3. The van der Waals surface area contributed by atoms with E-state index in [4.69, 9.17) is 0 Å². The molecule has 112 valence electrons. The molecule has 0 aromatic heterocycles. The maximum atomic E-state index is 2.48. The molecule has 1 aliphatic rings. The van der Waals surface area contributed by atoms with E-state index in [0.29, 0.717) is 0 Å². The van der Waals surface area contributed by atoms with Gasteiger partial charge in [0, 0.05) is 0 Å². The summed E-state index contributed by atoms with van der Waals surface area (Å²) < 4.78 is 0. The normalized spacial score (nSPS) is 15.6. The molecule has 1 heteroatoms. The third kappa shape index (κ3) is 2.20. The molecule has 0 amide bonds. The lowest BCUT2D eigenvalue weighted by Crippen LogP contribution is -2.40. The zero-order valence-electron chi connectivity index (χ0n) is 13.6. The third-order valence-electron chi connectivity index (χ3n) is 4.87. The van der Waals surface area contributed by atoms with Gasteiger partial charge < -0.3 is 0 Å². The minimum atomic E-state index is -1.70. The van der Waals surface area contributed by atoms with E-state index in [-0.39, 0.29) is 0 Å². The SMILES string of the molecule is C[Si]1(C)C(c2ccccc2)=C(c2ccccc2)c2ccccc21. The summed E-state index contributed by atoms with van der Waals surface area (Å²) in [4.78, 5) is 0. The second kappa shape index (κ2) is 5.36. The lowest BCUT2D eigenvalue weighted by Gasteiger charge is -2.23. The molecule has 3 aromatic rings. The van der Waals surface area contributed by atoms with Crippen LogP contribution in [0.3, 0.4) is 0 Å². The maximum Gasteiger partial charge on any atom is 0.114 e. The molecule has 23 heavy (non-hydrogen) atoms. The fourth-order valence-corrected chi connectivity index (χ4v) is 7.30. The van der Waals surface area contributed by atoms with Crippen LogP contribution in [0.4, 0.5) is 0 Å². The number of fused-ring (bicyclic) bond motifs is 1. The van der Waals surface area contributed by atoms with Crippen LogP contribution >= 0.6 is 0 Å². The van der Waals surface area contributed by atoms with Gasteiger partial charge in [0.2, 0.25) is 0 Å². The van der Waals surface area contributed by atoms with Crippen LogP contribution in [0.15, 0.2) is 84.9 Å². The summed E-state index contributed by atoms with van der Waals surface area (Å²) >= 11 is 0. The van der Waals surface area contributed by atoms with Crippen molar-refractivity contribution < 1.29 is 0 Å². The Balaban J connectivity index is 2.08. The Hall–Kier alpha value is -2.38. The molecular weight excluding hydrogens is 292 g/mol. The predicted molar refractivity (Wildman–Crippen MR) is 102 cm³/mol. The second-order valence-electron chi connectivity index (χ2n) is 6.65. The van der Waals surface area contributed by atoms with Crippen LogP contribution in [0.2, 0.25) is 13.1 Å². The summed E-state index contributed by atoms with van der Waals surface area (Å²) in [6, 6.07) is 30.8. The van der Waals surface area contributed by atoms with Crippen LogP contribution in [-0.4, -0.2) is 8.07 Å². The van der Waals surface area contributed by atoms with Gasteiger partial charge in [0.25, 0.3) is 0 Å². The lowest BCUT2D eigenvalue weighted by atomic mass is 9.96. The molecular formula is C22H20Si. The molecule has 4 rings (SSSR count). The van der Waals surface area contributed by atoms with Crippen molar-refractivity contribution in [3.8, 4) is 0 Å². The Kier molecular flexibility index (Phi) is 3.31. The Morgan fingerprint density at radius 3 is 1.74 bits per heavy atom. The summed E-state index contributed by atoms with van der Waals surface area (Å²) in [5.41, 5.74) is 5.56. The quantitative estimate of drug-likeness (QED) is 0.577. The van der Waals surface area contributed by atoms with Crippen molar-refractivity contribution in [2.24, 2.45) is 0 Å². The monoisotopic (exact) mass is 312 g/mol. The molecule has 3 aromatic carbocycles. The van der Waals surface area contributed by atoms with Gasteiger partial charge in [0.05, 0.1) is 0 Å². The van der Waals surface area contributed by atoms with Gasteiger partial charge in [-0.15, -0.1) is 0 Å². The summed E-state index contributed by atoms with van der Waals surface area (Å²) in [5, 5.41) is 3.11. The van der Waals surface area contributed by atoms with Gasteiger partial charge in [-0.2, -0.15) is 0 Å². The molecule has 0 spiro atoms. The molecule has 0 unspecified atom stereocenters. The van der Waals surface area contributed by atoms with E-state index in [1.165, 1.54) is 22.3 Å². The first kappa shape index (κ1) is 14.2. The Bertz CT molecular complexity index is 874. The third-order valence-corrected chi connectivity index (χ3v) is 8.44. The molecule has 0 N–H and O–H groups in total. The molecule has 0 bridgehead atoms. The summed E-state index contributed by atoms with van der Waals surface area (Å²) in [6.45, 7) is 4.95. The number of hydrogen-bond acceptors (Lipinski definition) is 0. The van der Waals surface area contributed by atoms with Crippen LogP contribution in [-0.2, 0) is 0 Å². The molecule has 0 aliphatic carbocycles. The highest BCUT2D eigenvalue weighted by Gasteiger charge is 2.40. The van der Waals surface area contributed by atoms with E-state index in [2.05, 4.69) is 98.0 Å². The Morgan fingerprint density at radius 2 is 1.09 bits per heavy atom. The average molecular weight is 312 g/mol. The fourth-order valence-electron chi connectivity index (χ4n) is 3.84. The highest BCUT2D eigenvalue weighted by molar-refractivity contribution is 7.07. The van der Waals surface area contributed by atoms with Crippen LogP contribution in [0.25, 0.3) is 10.8 Å². The molecule has 0 radical (unpaired) electrons. The number of rotatable bonds is 2. The highest BCUT2D eigenvalue weighted by Crippen LogP contribution is 2.42. The van der Waals surface area contributed by atoms with Crippen molar-refractivity contribution >= 4 is 24.0 Å². The van der Waals surface area contributed by atoms with E-state index in [1.54, 1.807) is 10.4 Å². The average Bonchev–Trinajstić information content (AvgIpc) is 2.84. The lowest BCUT2D eigenvalue weighted by molar-refractivity contribution is 1.58. The minimum absolute atomic E-state index is 1.33. The van der Waals surface area contributed by atoms with Crippen molar-refractivity contribution in [1.82, 2.24) is 0 Å². The Labute approximate surface area is 139 Å². The standard InChI is InChI=1S/C22H20Si/c1-23(2)20-16-10-9-15-19(20)21(17-11-5-3-6-12-17)22(23)18-13-7-4-8-14-18/h3-16H,1-2H3. The second-order valence-corrected chi connectivity index (χ2v) is 10.9. The largest absolute Gasteiger partial charge is 0.114 e. The van der Waals surface area contributed by atoms with E-state index in [0.717, 1.165) is 0 Å². The zero-order chi connectivity index (χ0) is 15.9. The zero-order valence-corrected chi connectivity index (χ0v) is 14.6. The Morgan fingerprint density at radius 1 is 0.565 bits per heavy atom. The maximum absolute atomic E-state index is 2.48. The number of benzene rings is 3. The smallest absolute Gasteiger partial charge is 0.0623 e. The van der Waals surface area contributed by atoms with Crippen molar-refractivity contribution in [3.05, 3.63) is 102 Å². The summed E-state index contributed by atoms with van der Waals surface area (Å²) in [7, 11) is -1.70. The van der Waals surface area contributed by atoms with Gasteiger partial charge in [0.15, 0.2) is 0 Å². The van der Waals surface area contributed by atoms with E-state index in [9.17, 15) is 0 Å². The van der Waals surface area contributed by atoms with Gasteiger partial charge in [-0.25, -0.2) is 0 Å². The van der Waals surface area contributed by atoms with Crippen molar-refractivity contribution in [2.45, 2.75) is 13.1 Å². The van der Waals surface area contributed by atoms with Gasteiger partial charge in [-0.05, 0) is 32.6 Å². The van der Waals surface area contributed by atoms with Crippen LogP contribution < -0.4 is 5.19 Å². The summed E-state index contributed by atoms with van der Waals surface area (Å²) in [5.74, 6) is 0.